The lowest BCUT2D eigenvalue weighted by Crippen LogP contribution is -2.48. The first-order valence-electron chi connectivity index (χ1n) is 7.90. The Balaban J connectivity index is 1.71. The van der Waals surface area contributed by atoms with Gasteiger partial charge in [-0.2, -0.15) is 0 Å². The molecule has 20 heavy (non-hydrogen) atoms. The van der Waals surface area contributed by atoms with Gasteiger partial charge in [-0.25, -0.2) is 0 Å². The lowest BCUT2D eigenvalue weighted by molar-refractivity contribution is -0.119. The summed E-state index contributed by atoms with van der Waals surface area (Å²) in [5, 5.41) is 0. The second kappa shape index (κ2) is 5.96. The van der Waals surface area contributed by atoms with Gasteiger partial charge >= 0.3 is 0 Å². The van der Waals surface area contributed by atoms with Gasteiger partial charge in [0.15, 0.2) is 0 Å². The highest BCUT2D eigenvalue weighted by Crippen LogP contribution is 2.31. The molecule has 0 N–H and O–H groups in total. The Hall–Kier alpha value is -1.35. The van der Waals surface area contributed by atoms with Gasteiger partial charge in [-0.3, -0.25) is 4.79 Å². The standard InChI is InChI=1S/C17H24N2O/c1-2-17(20)19(15-6-4-3-5-7-15)16-10-12-18(13-11-16)14-8-9-14/h3-7,14,16H,2,8-13H2,1H3. The van der Waals surface area contributed by atoms with E-state index in [2.05, 4.69) is 17.0 Å². The van der Waals surface area contributed by atoms with Gasteiger partial charge in [-0.05, 0) is 37.8 Å². The first-order valence-corrected chi connectivity index (χ1v) is 7.90. The summed E-state index contributed by atoms with van der Waals surface area (Å²) < 4.78 is 0. The van der Waals surface area contributed by atoms with Crippen LogP contribution >= 0.6 is 0 Å². The molecule has 0 atom stereocenters. The quantitative estimate of drug-likeness (QED) is 0.841. The van der Waals surface area contributed by atoms with Crippen LogP contribution in [0.5, 0.6) is 0 Å². The number of amides is 1. The van der Waals surface area contributed by atoms with Crippen molar-refractivity contribution < 1.29 is 4.79 Å². The van der Waals surface area contributed by atoms with Crippen molar-refractivity contribution in [2.24, 2.45) is 0 Å². The van der Waals surface area contributed by atoms with E-state index in [0.717, 1.165) is 37.7 Å². The van der Waals surface area contributed by atoms with Crippen LogP contribution in [0.25, 0.3) is 0 Å². The molecule has 2 fully saturated rings. The van der Waals surface area contributed by atoms with Crippen LogP contribution in [0.4, 0.5) is 5.69 Å². The SMILES string of the molecule is CCC(=O)N(c1ccccc1)C1CCN(C2CC2)CC1. The molecule has 1 heterocycles. The Morgan fingerprint density at radius 1 is 1.15 bits per heavy atom. The van der Waals surface area contributed by atoms with Crippen molar-refractivity contribution in [3.05, 3.63) is 30.3 Å². The highest BCUT2D eigenvalue weighted by Gasteiger charge is 2.34. The van der Waals surface area contributed by atoms with Crippen molar-refractivity contribution in [3.63, 3.8) is 0 Å². The number of para-hydroxylation sites is 1. The van der Waals surface area contributed by atoms with Crippen LogP contribution in [-0.4, -0.2) is 36.0 Å². The molecule has 0 radical (unpaired) electrons. The van der Waals surface area contributed by atoms with Crippen LogP contribution < -0.4 is 4.90 Å². The Morgan fingerprint density at radius 2 is 1.80 bits per heavy atom. The molecule has 2 aliphatic rings. The Kier molecular flexibility index (Phi) is 4.06. The number of hydrogen-bond donors (Lipinski definition) is 0. The van der Waals surface area contributed by atoms with E-state index < -0.39 is 0 Å². The molecular weight excluding hydrogens is 248 g/mol. The zero-order valence-corrected chi connectivity index (χ0v) is 12.3. The second-order valence-corrected chi connectivity index (χ2v) is 5.95. The van der Waals surface area contributed by atoms with E-state index >= 15 is 0 Å². The van der Waals surface area contributed by atoms with E-state index in [1.165, 1.54) is 12.8 Å². The number of likely N-dealkylation sites (tertiary alicyclic amines) is 1. The van der Waals surface area contributed by atoms with Gasteiger partial charge < -0.3 is 9.80 Å². The number of benzene rings is 1. The first kappa shape index (κ1) is 13.6. The Labute approximate surface area is 121 Å². The number of rotatable bonds is 4. The molecule has 108 valence electrons. The molecule has 1 aliphatic carbocycles. The predicted molar refractivity (Wildman–Crippen MR) is 81.8 cm³/mol. The van der Waals surface area contributed by atoms with Crippen molar-refractivity contribution in [2.75, 3.05) is 18.0 Å². The van der Waals surface area contributed by atoms with Gasteiger partial charge in [0.1, 0.15) is 0 Å². The van der Waals surface area contributed by atoms with Crippen molar-refractivity contribution in [3.8, 4) is 0 Å². The molecular formula is C17H24N2O. The smallest absolute Gasteiger partial charge is 0.226 e. The summed E-state index contributed by atoms with van der Waals surface area (Å²) in [4.78, 5) is 17.0. The Bertz CT molecular complexity index is 447. The average Bonchev–Trinajstić information content (AvgIpc) is 3.34. The third-order valence-corrected chi connectivity index (χ3v) is 4.53. The summed E-state index contributed by atoms with van der Waals surface area (Å²) >= 11 is 0. The molecule has 3 heteroatoms. The maximum absolute atomic E-state index is 12.4. The minimum Gasteiger partial charge on any atom is -0.309 e. The van der Waals surface area contributed by atoms with Crippen molar-refractivity contribution >= 4 is 11.6 Å². The molecule has 1 amide bonds. The zero-order valence-electron chi connectivity index (χ0n) is 12.3. The fourth-order valence-corrected chi connectivity index (χ4v) is 3.27. The zero-order chi connectivity index (χ0) is 13.9. The third-order valence-electron chi connectivity index (χ3n) is 4.53. The summed E-state index contributed by atoms with van der Waals surface area (Å²) in [5.74, 6) is 0.251. The molecule has 3 nitrogen and oxygen atoms in total. The van der Waals surface area contributed by atoms with Crippen LogP contribution in [0.3, 0.4) is 0 Å². The van der Waals surface area contributed by atoms with Gasteiger partial charge in [0, 0.05) is 37.3 Å². The van der Waals surface area contributed by atoms with Gasteiger partial charge in [0.25, 0.3) is 0 Å². The van der Waals surface area contributed by atoms with Gasteiger partial charge in [-0.15, -0.1) is 0 Å². The summed E-state index contributed by atoms with van der Waals surface area (Å²) in [5.41, 5.74) is 1.06. The van der Waals surface area contributed by atoms with Crippen LogP contribution in [0.15, 0.2) is 30.3 Å². The van der Waals surface area contributed by atoms with Gasteiger partial charge in [-0.1, -0.05) is 25.1 Å². The first-order chi connectivity index (χ1) is 9.79. The van der Waals surface area contributed by atoms with Crippen molar-refractivity contribution in [1.29, 1.82) is 0 Å². The maximum atomic E-state index is 12.4. The molecule has 1 aromatic carbocycles. The molecule has 1 aromatic rings. The lowest BCUT2D eigenvalue weighted by atomic mass is 10.0. The summed E-state index contributed by atoms with van der Waals surface area (Å²) in [6, 6.07) is 11.4. The number of carbonyl (C=O) groups is 1. The average molecular weight is 272 g/mol. The van der Waals surface area contributed by atoms with Gasteiger partial charge in [0.2, 0.25) is 5.91 Å². The Morgan fingerprint density at radius 3 is 2.35 bits per heavy atom. The van der Waals surface area contributed by atoms with E-state index in [1.807, 2.05) is 30.0 Å². The molecule has 0 spiro atoms. The monoisotopic (exact) mass is 272 g/mol. The predicted octanol–water partition coefficient (Wildman–Crippen LogP) is 3.06. The van der Waals surface area contributed by atoms with Crippen LogP contribution in [-0.2, 0) is 4.79 Å². The highest BCUT2D eigenvalue weighted by molar-refractivity contribution is 5.93. The molecule has 0 aromatic heterocycles. The summed E-state index contributed by atoms with van der Waals surface area (Å²) in [6.07, 6.45) is 5.55. The summed E-state index contributed by atoms with van der Waals surface area (Å²) in [7, 11) is 0. The third kappa shape index (κ3) is 2.88. The van der Waals surface area contributed by atoms with E-state index in [0.29, 0.717) is 12.5 Å². The number of piperidine rings is 1. The lowest BCUT2D eigenvalue weighted by Gasteiger charge is -2.38. The van der Waals surface area contributed by atoms with E-state index in [4.69, 9.17) is 0 Å². The van der Waals surface area contributed by atoms with E-state index in [1.54, 1.807) is 0 Å². The molecule has 0 bridgehead atoms. The largest absolute Gasteiger partial charge is 0.309 e. The van der Waals surface area contributed by atoms with Crippen LogP contribution in [0.2, 0.25) is 0 Å². The maximum Gasteiger partial charge on any atom is 0.226 e. The number of nitrogens with zero attached hydrogens (tertiary/aromatic N) is 2. The van der Waals surface area contributed by atoms with Crippen LogP contribution in [0, 0.1) is 0 Å². The molecule has 0 unspecified atom stereocenters. The fraction of sp³-hybridized carbons (Fsp3) is 0.588. The molecule has 1 saturated heterocycles. The number of hydrogen-bond acceptors (Lipinski definition) is 2. The minimum atomic E-state index is 0.251. The van der Waals surface area contributed by atoms with E-state index in [9.17, 15) is 4.79 Å². The van der Waals surface area contributed by atoms with E-state index in [-0.39, 0.29) is 5.91 Å². The molecule has 3 rings (SSSR count). The normalized spacial score (nSPS) is 20.9. The molecule has 1 saturated carbocycles. The van der Waals surface area contributed by atoms with Crippen molar-refractivity contribution in [2.45, 2.75) is 51.1 Å². The fourth-order valence-electron chi connectivity index (χ4n) is 3.27. The van der Waals surface area contributed by atoms with Gasteiger partial charge in [0.05, 0.1) is 0 Å². The summed E-state index contributed by atoms with van der Waals surface area (Å²) in [6.45, 7) is 4.25. The topological polar surface area (TPSA) is 23.6 Å². The minimum absolute atomic E-state index is 0.251. The number of anilines is 1. The highest BCUT2D eigenvalue weighted by atomic mass is 16.2. The second-order valence-electron chi connectivity index (χ2n) is 5.95. The number of carbonyl (C=O) groups excluding carboxylic acids is 1. The van der Waals surface area contributed by atoms with Crippen molar-refractivity contribution in [1.82, 2.24) is 4.90 Å². The molecule has 1 aliphatic heterocycles. The van der Waals surface area contributed by atoms with Crippen LogP contribution in [0.1, 0.15) is 39.0 Å².